The van der Waals surface area contributed by atoms with Crippen molar-refractivity contribution < 1.29 is 9.47 Å². The zero-order chi connectivity index (χ0) is 13.2. The van der Waals surface area contributed by atoms with Crippen molar-refractivity contribution in [1.29, 1.82) is 0 Å². The third kappa shape index (κ3) is 5.92. The summed E-state index contributed by atoms with van der Waals surface area (Å²) in [7, 11) is 0. The first-order valence-corrected chi connectivity index (χ1v) is 6.85. The molecule has 0 unspecified atom stereocenters. The van der Waals surface area contributed by atoms with Crippen LogP contribution in [0, 0.1) is 0 Å². The molecule has 0 heterocycles. The smallest absolute Gasteiger partial charge is 0.122 e. The van der Waals surface area contributed by atoms with Crippen LogP contribution in [0.15, 0.2) is 24.3 Å². The summed E-state index contributed by atoms with van der Waals surface area (Å²) in [5.74, 6) is 1.75. The fourth-order valence-corrected chi connectivity index (χ4v) is 1.58. The van der Waals surface area contributed by atoms with Crippen LogP contribution in [0.3, 0.4) is 0 Å². The number of ether oxygens (including phenoxy) is 2. The van der Waals surface area contributed by atoms with Gasteiger partial charge >= 0.3 is 0 Å². The molecule has 102 valence electrons. The van der Waals surface area contributed by atoms with Crippen LogP contribution in [0.1, 0.15) is 33.6 Å². The Hall–Kier alpha value is -1.22. The highest BCUT2D eigenvalue weighted by molar-refractivity contribution is 5.32. The van der Waals surface area contributed by atoms with Crippen molar-refractivity contribution in [2.45, 2.75) is 39.7 Å². The molecule has 0 radical (unpaired) electrons. The summed E-state index contributed by atoms with van der Waals surface area (Å²) in [6, 6.07) is 8.39. The van der Waals surface area contributed by atoms with E-state index < -0.39 is 0 Å². The molecular weight excluding hydrogens is 226 g/mol. The van der Waals surface area contributed by atoms with E-state index in [0.29, 0.717) is 12.6 Å². The molecule has 0 amide bonds. The van der Waals surface area contributed by atoms with Crippen LogP contribution in [-0.2, 0) is 0 Å². The Labute approximate surface area is 110 Å². The van der Waals surface area contributed by atoms with Crippen molar-refractivity contribution in [3.05, 3.63) is 24.3 Å². The second kappa shape index (κ2) is 8.81. The predicted octanol–water partition coefficient (Wildman–Crippen LogP) is 3.24. The number of hydrogen-bond acceptors (Lipinski definition) is 3. The van der Waals surface area contributed by atoms with Crippen molar-refractivity contribution in [1.82, 2.24) is 5.32 Å². The molecule has 0 aliphatic rings. The van der Waals surface area contributed by atoms with Gasteiger partial charge in [0.25, 0.3) is 0 Å². The Bertz CT molecular complexity index is 328. The molecule has 3 nitrogen and oxygen atoms in total. The van der Waals surface area contributed by atoms with Crippen molar-refractivity contribution in [3.63, 3.8) is 0 Å². The van der Waals surface area contributed by atoms with E-state index >= 15 is 0 Å². The minimum absolute atomic E-state index is 0.589. The molecular formula is C15H25NO2. The first-order chi connectivity index (χ1) is 8.76. The lowest BCUT2D eigenvalue weighted by molar-refractivity contribution is 0.299. The molecule has 0 fully saturated rings. The predicted molar refractivity (Wildman–Crippen MR) is 75.5 cm³/mol. The lowest BCUT2D eigenvalue weighted by atomic mass is 10.2. The number of rotatable bonds is 9. The van der Waals surface area contributed by atoms with Crippen LogP contribution >= 0.6 is 0 Å². The molecule has 1 N–H and O–H groups in total. The van der Waals surface area contributed by atoms with Gasteiger partial charge in [-0.1, -0.05) is 13.0 Å². The monoisotopic (exact) mass is 251 g/mol. The second-order valence-electron chi connectivity index (χ2n) is 4.37. The normalized spacial score (nSPS) is 12.2. The van der Waals surface area contributed by atoms with Crippen LogP contribution in [0.4, 0.5) is 0 Å². The minimum atomic E-state index is 0.589. The first-order valence-electron chi connectivity index (χ1n) is 6.85. The van der Waals surface area contributed by atoms with E-state index in [1.165, 1.54) is 0 Å². The fraction of sp³-hybridized carbons (Fsp3) is 0.600. The minimum Gasteiger partial charge on any atom is -0.494 e. The van der Waals surface area contributed by atoms with Gasteiger partial charge in [0, 0.05) is 12.1 Å². The van der Waals surface area contributed by atoms with Gasteiger partial charge in [0.1, 0.15) is 11.5 Å². The molecule has 0 saturated carbocycles. The molecule has 18 heavy (non-hydrogen) atoms. The van der Waals surface area contributed by atoms with Crippen LogP contribution in [0.5, 0.6) is 11.5 Å². The zero-order valence-corrected chi connectivity index (χ0v) is 11.7. The van der Waals surface area contributed by atoms with E-state index in [-0.39, 0.29) is 0 Å². The highest BCUT2D eigenvalue weighted by Crippen LogP contribution is 2.19. The summed E-state index contributed by atoms with van der Waals surface area (Å²) in [5.41, 5.74) is 0. The number of nitrogens with one attached hydrogen (secondary N) is 1. The molecule has 1 rings (SSSR count). The Morgan fingerprint density at radius 3 is 2.56 bits per heavy atom. The summed E-state index contributed by atoms with van der Waals surface area (Å²) in [4.78, 5) is 0. The molecule has 1 aromatic carbocycles. The van der Waals surface area contributed by atoms with Gasteiger partial charge in [0.15, 0.2) is 0 Å². The van der Waals surface area contributed by atoms with E-state index in [0.717, 1.165) is 37.5 Å². The fourth-order valence-electron chi connectivity index (χ4n) is 1.58. The number of hydrogen-bond donors (Lipinski definition) is 1. The van der Waals surface area contributed by atoms with E-state index in [4.69, 9.17) is 9.47 Å². The highest BCUT2D eigenvalue weighted by atomic mass is 16.5. The van der Waals surface area contributed by atoms with Gasteiger partial charge in [-0.3, -0.25) is 0 Å². The van der Waals surface area contributed by atoms with Crippen LogP contribution in [-0.4, -0.2) is 25.8 Å². The summed E-state index contributed by atoms with van der Waals surface area (Å²) >= 11 is 0. The standard InChI is InChI=1S/C15H25NO2/c1-4-13(3)16-10-7-11-18-15-9-6-8-14(12-15)17-5-2/h6,8-9,12-13,16H,4-5,7,10-11H2,1-3H3/t13-/m1/s1. The zero-order valence-electron chi connectivity index (χ0n) is 11.7. The van der Waals surface area contributed by atoms with Gasteiger partial charge in [-0.25, -0.2) is 0 Å². The molecule has 0 bridgehead atoms. The molecule has 1 aromatic rings. The molecule has 0 aliphatic heterocycles. The number of benzene rings is 1. The quantitative estimate of drug-likeness (QED) is 0.683. The maximum atomic E-state index is 5.69. The van der Waals surface area contributed by atoms with E-state index in [9.17, 15) is 0 Å². The second-order valence-corrected chi connectivity index (χ2v) is 4.37. The topological polar surface area (TPSA) is 30.5 Å². The maximum Gasteiger partial charge on any atom is 0.122 e. The average molecular weight is 251 g/mol. The van der Waals surface area contributed by atoms with Gasteiger partial charge < -0.3 is 14.8 Å². The third-order valence-corrected chi connectivity index (χ3v) is 2.81. The van der Waals surface area contributed by atoms with Gasteiger partial charge in [-0.05, 0) is 45.4 Å². The van der Waals surface area contributed by atoms with Gasteiger partial charge in [0.2, 0.25) is 0 Å². The van der Waals surface area contributed by atoms with Crippen LogP contribution in [0.25, 0.3) is 0 Å². The molecule has 0 saturated heterocycles. The van der Waals surface area contributed by atoms with Crippen molar-refractivity contribution in [2.75, 3.05) is 19.8 Å². The SMILES string of the molecule is CCOc1cccc(OCCCN[C@H](C)CC)c1. The van der Waals surface area contributed by atoms with Crippen molar-refractivity contribution in [3.8, 4) is 11.5 Å². The van der Waals surface area contributed by atoms with Crippen LogP contribution in [0.2, 0.25) is 0 Å². The lowest BCUT2D eigenvalue weighted by Gasteiger charge is -2.12. The molecule has 0 aromatic heterocycles. The highest BCUT2D eigenvalue weighted by Gasteiger charge is 1.99. The Morgan fingerprint density at radius 2 is 1.89 bits per heavy atom. The van der Waals surface area contributed by atoms with Crippen molar-refractivity contribution >= 4 is 0 Å². The summed E-state index contributed by atoms with van der Waals surface area (Å²) < 4.78 is 11.1. The largest absolute Gasteiger partial charge is 0.494 e. The molecule has 3 heteroatoms. The Kier molecular flexibility index (Phi) is 7.26. The van der Waals surface area contributed by atoms with E-state index in [1.807, 2.05) is 31.2 Å². The Morgan fingerprint density at radius 1 is 1.17 bits per heavy atom. The van der Waals surface area contributed by atoms with Crippen LogP contribution < -0.4 is 14.8 Å². The van der Waals surface area contributed by atoms with E-state index in [2.05, 4.69) is 19.2 Å². The first kappa shape index (κ1) is 14.8. The van der Waals surface area contributed by atoms with Crippen molar-refractivity contribution in [2.24, 2.45) is 0 Å². The third-order valence-electron chi connectivity index (χ3n) is 2.81. The molecule has 0 aliphatic carbocycles. The summed E-state index contributed by atoms with van der Waals surface area (Å²) in [5, 5.41) is 3.45. The van der Waals surface area contributed by atoms with Gasteiger partial charge in [-0.15, -0.1) is 0 Å². The van der Waals surface area contributed by atoms with Gasteiger partial charge in [0.05, 0.1) is 13.2 Å². The van der Waals surface area contributed by atoms with E-state index in [1.54, 1.807) is 0 Å². The maximum absolute atomic E-state index is 5.69. The Balaban J connectivity index is 2.20. The molecule has 1 atom stereocenters. The lowest BCUT2D eigenvalue weighted by Crippen LogP contribution is -2.27. The summed E-state index contributed by atoms with van der Waals surface area (Å²) in [6.07, 6.45) is 2.18. The van der Waals surface area contributed by atoms with Gasteiger partial charge in [-0.2, -0.15) is 0 Å². The average Bonchev–Trinajstić information content (AvgIpc) is 2.39. The molecule has 0 spiro atoms. The summed E-state index contributed by atoms with van der Waals surface area (Å²) in [6.45, 7) is 8.79.